The van der Waals surface area contributed by atoms with Gasteiger partial charge in [-0.2, -0.15) is 0 Å². The molecule has 5 heteroatoms. The number of amides is 1. The van der Waals surface area contributed by atoms with E-state index in [1.165, 1.54) is 5.56 Å². The maximum absolute atomic E-state index is 12.3. The van der Waals surface area contributed by atoms with Crippen LogP contribution in [-0.4, -0.2) is 25.0 Å². The van der Waals surface area contributed by atoms with E-state index < -0.39 is 0 Å². The minimum absolute atomic E-state index is 0.0491. The second-order valence-corrected chi connectivity index (χ2v) is 5.67. The molecule has 1 N–H and O–H groups in total. The molecule has 2 aromatic carbocycles. The number of rotatable bonds is 4. The quantitative estimate of drug-likeness (QED) is 0.936. The van der Waals surface area contributed by atoms with Crippen molar-refractivity contribution in [2.45, 2.75) is 20.8 Å². The van der Waals surface area contributed by atoms with Crippen LogP contribution in [0.2, 0.25) is 0 Å². The number of carbonyl (C=O) groups is 1. The van der Waals surface area contributed by atoms with Crippen molar-refractivity contribution < 1.29 is 9.53 Å². The topological polar surface area (TPSA) is 53.9 Å². The summed E-state index contributed by atoms with van der Waals surface area (Å²) in [6.45, 7) is 6.82. The monoisotopic (exact) mass is 323 g/mol. The first kappa shape index (κ1) is 16.1. The number of ether oxygens (including phenoxy) is 1. The molecule has 0 radical (unpaired) electrons. The summed E-state index contributed by atoms with van der Waals surface area (Å²) in [6.07, 6.45) is 0. The zero-order chi connectivity index (χ0) is 17.1. The fourth-order valence-electron chi connectivity index (χ4n) is 2.63. The maximum atomic E-state index is 12.3. The van der Waals surface area contributed by atoms with Gasteiger partial charge >= 0.3 is 0 Å². The number of nitrogens with one attached hydrogen (secondary N) is 1. The lowest BCUT2D eigenvalue weighted by Crippen LogP contribution is -2.37. The van der Waals surface area contributed by atoms with Crippen LogP contribution >= 0.6 is 0 Å². The van der Waals surface area contributed by atoms with E-state index >= 15 is 0 Å². The number of hydrogen-bond acceptors (Lipinski definition) is 4. The highest BCUT2D eigenvalue weighted by atomic mass is 16.5. The Balaban J connectivity index is 1.85. The van der Waals surface area contributed by atoms with Gasteiger partial charge in [-0.05, 0) is 62.2 Å². The third-order valence-electron chi connectivity index (χ3n) is 4.08. The summed E-state index contributed by atoms with van der Waals surface area (Å²) >= 11 is 0. The summed E-state index contributed by atoms with van der Waals surface area (Å²) in [7, 11) is 0. The lowest BCUT2D eigenvalue weighted by atomic mass is 10.1. The van der Waals surface area contributed by atoms with E-state index in [9.17, 15) is 4.79 Å². The van der Waals surface area contributed by atoms with E-state index in [0.29, 0.717) is 12.6 Å². The van der Waals surface area contributed by atoms with Gasteiger partial charge in [0, 0.05) is 5.69 Å². The van der Waals surface area contributed by atoms with E-state index in [1.54, 1.807) is 4.90 Å². The Hall–Kier alpha value is -2.82. The standard InChI is InChI=1S/C19H21N3O2/c1-4-24-16-10-8-15(9-11-16)22-18(23)12-20-19(22)21-17-7-5-6-13(2)14(17)3/h5-11H,4,12H2,1-3H3,(H,20,21). The van der Waals surface area contributed by atoms with Crippen LogP contribution in [0.4, 0.5) is 11.4 Å². The zero-order valence-electron chi connectivity index (χ0n) is 14.2. The van der Waals surface area contributed by atoms with Gasteiger partial charge in [0.05, 0.1) is 12.3 Å². The number of hydrogen-bond donors (Lipinski definition) is 1. The lowest BCUT2D eigenvalue weighted by molar-refractivity contribution is -0.115. The van der Waals surface area contributed by atoms with Crippen molar-refractivity contribution in [1.82, 2.24) is 0 Å². The molecule has 0 spiro atoms. The average molecular weight is 323 g/mol. The van der Waals surface area contributed by atoms with Gasteiger partial charge in [-0.15, -0.1) is 0 Å². The van der Waals surface area contributed by atoms with Crippen LogP contribution in [0, 0.1) is 13.8 Å². The molecule has 0 unspecified atom stereocenters. The van der Waals surface area contributed by atoms with Crippen molar-refractivity contribution in [3.63, 3.8) is 0 Å². The van der Waals surface area contributed by atoms with Crippen molar-refractivity contribution in [1.29, 1.82) is 0 Å². The van der Waals surface area contributed by atoms with E-state index in [1.807, 2.05) is 43.3 Å². The number of guanidine groups is 1. The van der Waals surface area contributed by atoms with E-state index in [-0.39, 0.29) is 12.5 Å². The Bertz CT molecular complexity index is 782. The number of carbonyl (C=O) groups excluding carboxylic acids is 1. The Morgan fingerprint density at radius 2 is 1.92 bits per heavy atom. The molecule has 124 valence electrons. The van der Waals surface area contributed by atoms with Gasteiger partial charge in [0.25, 0.3) is 5.91 Å². The summed E-state index contributed by atoms with van der Waals surface area (Å²) in [5, 5.41) is 3.29. The van der Waals surface area contributed by atoms with Crippen LogP contribution < -0.4 is 15.0 Å². The van der Waals surface area contributed by atoms with Crippen LogP contribution in [0.3, 0.4) is 0 Å². The zero-order valence-corrected chi connectivity index (χ0v) is 14.2. The molecule has 5 nitrogen and oxygen atoms in total. The maximum Gasteiger partial charge on any atom is 0.255 e. The lowest BCUT2D eigenvalue weighted by Gasteiger charge is -2.21. The normalized spacial score (nSPS) is 13.9. The van der Waals surface area contributed by atoms with Crippen LogP contribution in [0.15, 0.2) is 47.5 Å². The summed E-state index contributed by atoms with van der Waals surface area (Å²) in [5.74, 6) is 1.29. The highest BCUT2D eigenvalue weighted by Crippen LogP contribution is 2.24. The number of anilines is 2. The first-order valence-corrected chi connectivity index (χ1v) is 8.03. The average Bonchev–Trinajstić information content (AvgIpc) is 2.94. The predicted molar refractivity (Wildman–Crippen MR) is 96.9 cm³/mol. The summed E-state index contributed by atoms with van der Waals surface area (Å²) in [5.41, 5.74) is 4.07. The second-order valence-electron chi connectivity index (χ2n) is 5.67. The Morgan fingerprint density at radius 1 is 1.17 bits per heavy atom. The van der Waals surface area contributed by atoms with Crippen molar-refractivity contribution in [2.24, 2.45) is 4.99 Å². The molecular weight excluding hydrogens is 302 g/mol. The molecule has 0 saturated heterocycles. The van der Waals surface area contributed by atoms with Gasteiger partial charge < -0.3 is 10.1 Å². The third kappa shape index (κ3) is 3.11. The number of nitrogens with zero attached hydrogens (tertiary/aromatic N) is 2. The van der Waals surface area contributed by atoms with Gasteiger partial charge in [-0.25, -0.2) is 9.89 Å². The summed E-state index contributed by atoms with van der Waals surface area (Å²) < 4.78 is 5.45. The first-order chi connectivity index (χ1) is 11.6. The molecule has 1 aliphatic rings. The fourth-order valence-corrected chi connectivity index (χ4v) is 2.63. The Morgan fingerprint density at radius 3 is 2.62 bits per heavy atom. The van der Waals surface area contributed by atoms with Gasteiger partial charge in [-0.3, -0.25) is 4.79 Å². The molecule has 0 aliphatic carbocycles. The van der Waals surface area contributed by atoms with E-state index in [0.717, 1.165) is 22.7 Å². The van der Waals surface area contributed by atoms with E-state index in [4.69, 9.17) is 4.74 Å². The molecule has 1 aliphatic heterocycles. The Kier molecular flexibility index (Phi) is 4.51. The number of aliphatic imine (C=N–C) groups is 1. The number of aryl methyl sites for hydroxylation is 1. The molecule has 3 rings (SSSR count). The summed E-state index contributed by atoms with van der Waals surface area (Å²) in [4.78, 5) is 18.2. The highest BCUT2D eigenvalue weighted by Gasteiger charge is 2.27. The van der Waals surface area contributed by atoms with Crippen LogP contribution in [-0.2, 0) is 4.79 Å². The molecule has 2 aromatic rings. The van der Waals surface area contributed by atoms with Crippen LogP contribution in [0.25, 0.3) is 0 Å². The van der Waals surface area contributed by atoms with Gasteiger partial charge in [-0.1, -0.05) is 12.1 Å². The van der Waals surface area contributed by atoms with Crippen molar-refractivity contribution >= 4 is 23.2 Å². The molecule has 1 heterocycles. The smallest absolute Gasteiger partial charge is 0.255 e. The Labute approximate surface area is 142 Å². The molecule has 0 atom stereocenters. The molecule has 1 amide bonds. The molecular formula is C19H21N3O2. The van der Waals surface area contributed by atoms with Crippen molar-refractivity contribution in [3.8, 4) is 5.75 Å². The van der Waals surface area contributed by atoms with Crippen LogP contribution in [0.5, 0.6) is 5.75 Å². The largest absolute Gasteiger partial charge is 0.494 e. The molecule has 0 bridgehead atoms. The molecule has 0 fully saturated rings. The second kappa shape index (κ2) is 6.74. The van der Waals surface area contributed by atoms with Gasteiger partial charge in [0.15, 0.2) is 0 Å². The molecule has 24 heavy (non-hydrogen) atoms. The minimum atomic E-state index is -0.0491. The van der Waals surface area contributed by atoms with Gasteiger partial charge in [0.2, 0.25) is 5.96 Å². The molecule has 0 saturated carbocycles. The minimum Gasteiger partial charge on any atom is -0.494 e. The predicted octanol–water partition coefficient (Wildman–Crippen LogP) is 3.52. The first-order valence-electron chi connectivity index (χ1n) is 8.03. The van der Waals surface area contributed by atoms with Crippen LogP contribution in [0.1, 0.15) is 18.1 Å². The summed E-state index contributed by atoms with van der Waals surface area (Å²) in [6, 6.07) is 13.5. The fraction of sp³-hybridized carbons (Fsp3) is 0.263. The molecule has 0 aromatic heterocycles. The van der Waals surface area contributed by atoms with Gasteiger partial charge in [0.1, 0.15) is 12.3 Å². The number of benzene rings is 2. The van der Waals surface area contributed by atoms with Crippen molar-refractivity contribution in [3.05, 3.63) is 53.6 Å². The SMILES string of the molecule is CCOc1ccc(N2C(=O)CN=C2Nc2cccc(C)c2C)cc1. The highest BCUT2D eigenvalue weighted by molar-refractivity contribution is 6.24. The third-order valence-corrected chi connectivity index (χ3v) is 4.08. The van der Waals surface area contributed by atoms with Crippen molar-refractivity contribution in [2.75, 3.05) is 23.4 Å². The van der Waals surface area contributed by atoms with E-state index in [2.05, 4.69) is 30.2 Å².